The van der Waals surface area contributed by atoms with Crippen LogP contribution < -0.4 is 5.73 Å². The molecule has 2 atom stereocenters. The van der Waals surface area contributed by atoms with Crippen molar-refractivity contribution < 1.29 is 31.4 Å². The van der Waals surface area contributed by atoms with Crippen LogP contribution in [0.3, 0.4) is 0 Å². The van der Waals surface area contributed by atoms with Crippen molar-refractivity contribution in [2.75, 3.05) is 0 Å². The Morgan fingerprint density at radius 1 is 1.16 bits per heavy atom. The van der Waals surface area contributed by atoms with Crippen molar-refractivity contribution in [3.05, 3.63) is 35.6 Å². The highest BCUT2D eigenvalue weighted by Gasteiger charge is 2.48. The predicted octanol–water partition coefficient (Wildman–Crippen LogP) is 2.56. The highest BCUT2D eigenvalue weighted by Crippen LogP contribution is 2.36. The minimum Gasteiger partial charge on any atom is -0.384 e. The van der Waals surface area contributed by atoms with E-state index in [0.29, 0.717) is 0 Å². The Morgan fingerprint density at radius 3 is 2.11 bits per heavy atom. The molecule has 0 heterocycles. The Morgan fingerprint density at radius 2 is 1.68 bits per heavy atom. The van der Waals surface area contributed by atoms with Crippen LogP contribution in [0.4, 0.5) is 26.3 Å². The molecule has 2 nitrogen and oxygen atoms in total. The third-order valence-corrected chi connectivity index (χ3v) is 2.67. The molecule has 0 amide bonds. The summed E-state index contributed by atoms with van der Waals surface area (Å²) in [6, 6.07) is 4.02. The molecule has 8 heteroatoms. The average molecular weight is 287 g/mol. The summed E-state index contributed by atoms with van der Waals surface area (Å²) in [6.07, 6.45) is -13.2. The molecular formula is C11H11F6NO. The summed E-state index contributed by atoms with van der Waals surface area (Å²) < 4.78 is 75.9. The van der Waals surface area contributed by atoms with Gasteiger partial charge in [-0.2, -0.15) is 13.2 Å². The van der Waals surface area contributed by atoms with Gasteiger partial charge in [-0.15, -0.1) is 0 Å². The van der Waals surface area contributed by atoms with Gasteiger partial charge in [0.2, 0.25) is 0 Å². The number of halogens is 6. The molecule has 0 saturated heterocycles. The first-order valence-electron chi connectivity index (χ1n) is 5.16. The van der Waals surface area contributed by atoms with E-state index < -0.39 is 42.0 Å². The number of rotatable bonds is 4. The fourth-order valence-electron chi connectivity index (χ4n) is 1.59. The molecule has 19 heavy (non-hydrogen) atoms. The van der Waals surface area contributed by atoms with E-state index in [9.17, 15) is 26.3 Å². The quantitative estimate of drug-likeness (QED) is 0.836. The lowest BCUT2D eigenvalue weighted by Gasteiger charge is -2.32. The van der Waals surface area contributed by atoms with Gasteiger partial charge in [0.15, 0.2) is 6.10 Å². The van der Waals surface area contributed by atoms with Crippen molar-refractivity contribution in [2.45, 2.75) is 30.7 Å². The average Bonchev–Trinajstić information content (AvgIpc) is 2.27. The third-order valence-electron chi connectivity index (χ3n) is 2.67. The highest BCUT2D eigenvalue weighted by atomic mass is 19.4. The number of nitrogens with two attached hydrogens (primary N) is 1. The van der Waals surface area contributed by atoms with E-state index in [-0.39, 0.29) is 0 Å². The fourth-order valence-corrected chi connectivity index (χ4v) is 1.59. The van der Waals surface area contributed by atoms with Gasteiger partial charge in [0.1, 0.15) is 11.4 Å². The SMILES string of the molecule is N[C@@](C[C@@H](O)C(F)(F)F)(c1ccccc1F)C(F)F. The lowest BCUT2D eigenvalue weighted by molar-refractivity contribution is -0.213. The van der Waals surface area contributed by atoms with E-state index in [0.717, 1.165) is 12.1 Å². The first-order valence-corrected chi connectivity index (χ1v) is 5.16. The van der Waals surface area contributed by atoms with Gasteiger partial charge in [0.05, 0.1) is 0 Å². The summed E-state index contributed by atoms with van der Waals surface area (Å²) in [7, 11) is 0. The van der Waals surface area contributed by atoms with Gasteiger partial charge in [0.25, 0.3) is 6.43 Å². The summed E-state index contributed by atoms with van der Waals surface area (Å²) in [5, 5.41) is 8.86. The Bertz CT molecular complexity index is 435. The number of hydrogen-bond donors (Lipinski definition) is 2. The Labute approximate surface area is 104 Å². The Hall–Kier alpha value is -1.28. The van der Waals surface area contributed by atoms with Crippen molar-refractivity contribution in [1.29, 1.82) is 0 Å². The number of alkyl halides is 5. The van der Waals surface area contributed by atoms with E-state index in [1.54, 1.807) is 0 Å². The monoisotopic (exact) mass is 287 g/mol. The van der Waals surface area contributed by atoms with Crippen LogP contribution in [0.2, 0.25) is 0 Å². The zero-order valence-corrected chi connectivity index (χ0v) is 9.46. The summed E-state index contributed by atoms with van der Waals surface area (Å²) >= 11 is 0. The fraction of sp³-hybridized carbons (Fsp3) is 0.455. The summed E-state index contributed by atoms with van der Waals surface area (Å²) in [5.74, 6) is -1.15. The van der Waals surface area contributed by atoms with Gasteiger partial charge in [-0.05, 0) is 6.07 Å². The van der Waals surface area contributed by atoms with E-state index in [1.165, 1.54) is 12.1 Å². The normalized spacial score (nSPS) is 17.3. The second kappa shape index (κ2) is 5.38. The van der Waals surface area contributed by atoms with E-state index in [1.807, 2.05) is 0 Å². The molecule has 0 spiro atoms. The van der Waals surface area contributed by atoms with Crippen LogP contribution in [-0.2, 0) is 5.54 Å². The summed E-state index contributed by atoms with van der Waals surface area (Å²) in [4.78, 5) is 0. The zero-order chi connectivity index (χ0) is 14.8. The van der Waals surface area contributed by atoms with Crippen molar-refractivity contribution in [3.8, 4) is 0 Å². The predicted molar refractivity (Wildman–Crippen MR) is 54.9 cm³/mol. The topological polar surface area (TPSA) is 46.2 Å². The maximum absolute atomic E-state index is 13.4. The van der Waals surface area contributed by atoms with Crippen molar-refractivity contribution in [1.82, 2.24) is 0 Å². The number of benzene rings is 1. The molecule has 0 bridgehead atoms. The minimum absolute atomic E-state index is 0.770. The Kier molecular flexibility index (Phi) is 4.46. The van der Waals surface area contributed by atoms with Crippen LogP contribution in [-0.4, -0.2) is 23.8 Å². The summed E-state index contributed by atoms with van der Waals surface area (Å²) in [5.41, 5.74) is 1.52. The largest absolute Gasteiger partial charge is 0.414 e. The first kappa shape index (κ1) is 15.8. The van der Waals surface area contributed by atoms with Gasteiger partial charge in [0, 0.05) is 12.0 Å². The smallest absolute Gasteiger partial charge is 0.384 e. The standard InChI is InChI=1S/C11H11F6NO/c12-7-4-2-1-3-6(7)10(18,9(13)14)5-8(19)11(15,16)17/h1-4,8-9,19H,5,18H2/t8-,10+/m1/s1. The highest BCUT2D eigenvalue weighted by molar-refractivity contribution is 5.27. The molecule has 0 radical (unpaired) electrons. The number of aliphatic hydroxyl groups is 1. The molecule has 1 aromatic rings. The molecule has 108 valence electrons. The maximum Gasteiger partial charge on any atom is 0.414 e. The zero-order valence-electron chi connectivity index (χ0n) is 9.46. The van der Waals surface area contributed by atoms with Gasteiger partial charge in [-0.25, -0.2) is 13.2 Å². The minimum atomic E-state index is -5.11. The van der Waals surface area contributed by atoms with Crippen molar-refractivity contribution in [3.63, 3.8) is 0 Å². The molecule has 1 aromatic carbocycles. The molecule has 0 aliphatic heterocycles. The van der Waals surface area contributed by atoms with E-state index >= 15 is 0 Å². The first-order chi connectivity index (χ1) is 8.59. The molecule has 3 N–H and O–H groups in total. The third kappa shape index (κ3) is 3.38. The molecule has 0 aromatic heterocycles. The van der Waals surface area contributed by atoms with E-state index in [4.69, 9.17) is 10.8 Å². The van der Waals surface area contributed by atoms with Crippen molar-refractivity contribution in [2.24, 2.45) is 5.73 Å². The van der Waals surface area contributed by atoms with Crippen LogP contribution >= 0.6 is 0 Å². The molecule has 0 aliphatic rings. The van der Waals surface area contributed by atoms with Gasteiger partial charge < -0.3 is 10.8 Å². The van der Waals surface area contributed by atoms with Crippen LogP contribution in [0.25, 0.3) is 0 Å². The molecule has 1 rings (SSSR count). The van der Waals surface area contributed by atoms with Gasteiger partial charge in [-0.3, -0.25) is 0 Å². The van der Waals surface area contributed by atoms with Crippen LogP contribution in [0.15, 0.2) is 24.3 Å². The summed E-state index contributed by atoms with van der Waals surface area (Å²) in [6.45, 7) is 0. The lowest BCUT2D eigenvalue weighted by Crippen LogP contribution is -2.49. The molecule has 0 aliphatic carbocycles. The van der Waals surface area contributed by atoms with Crippen LogP contribution in [0, 0.1) is 5.82 Å². The van der Waals surface area contributed by atoms with Crippen LogP contribution in [0.1, 0.15) is 12.0 Å². The van der Waals surface area contributed by atoms with Gasteiger partial charge >= 0.3 is 6.18 Å². The maximum atomic E-state index is 13.4. The second-order valence-electron chi connectivity index (χ2n) is 4.08. The lowest BCUT2D eigenvalue weighted by atomic mass is 9.85. The number of hydrogen-bond acceptors (Lipinski definition) is 2. The van der Waals surface area contributed by atoms with Crippen molar-refractivity contribution >= 4 is 0 Å². The molecule has 0 unspecified atom stereocenters. The molecule has 0 fully saturated rings. The van der Waals surface area contributed by atoms with Crippen LogP contribution in [0.5, 0.6) is 0 Å². The van der Waals surface area contributed by atoms with Gasteiger partial charge in [-0.1, -0.05) is 18.2 Å². The van der Waals surface area contributed by atoms with E-state index in [2.05, 4.69) is 0 Å². The Balaban J connectivity index is 3.16. The second-order valence-corrected chi connectivity index (χ2v) is 4.08. The number of aliphatic hydroxyl groups excluding tert-OH is 1. The molecular weight excluding hydrogens is 276 g/mol. The molecule has 0 saturated carbocycles.